The summed E-state index contributed by atoms with van der Waals surface area (Å²) >= 11 is 1.48. The van der Waals surface area contributed by atoms with Gasteiger partial charge in [-0.2, -0.15) is 0 Å². The van der Waals surface area contributed by atoms with E-state index in [4.69, 9.17) is 0 Å². The Kier molecular flexibility index (Phi) is 4.03. The molecule has 0 spiro atoms. The zero-order chi connectivity index (χ0) is 12.3. The molecule has 0 heterocycles. The Bertz CT molecular complexity index is 387. The number of hydrogen-bond donors (Lipinski definition) is 1. The summed E-state index contributed by atoms with van der Waals surface area (Å²) < 4.78 is -0.862. The molecule has 0 aliphatic rings. The van der Waals surface area contributed by atoms with Gasteiger partial charge in [-0.25, -0.2) is 0 Å². The summed E-state index contributed by atoms with van der Waals surface area (Å²) in [7, 11) is 0. The molecule has 0 saturated heterocycles. The molecule has 3 heteroatoms. The monoisotopic (exact) mass is 238 g/mol. The summed E-state index contributed by atoms with van der Waals surface area (Å²) in [5.74, 6) is -0.777. The third-order valence-corrected chi connectivity index (χ3v) is 3.88. The van der Waals surface area contributed by atoms with E-state index in [1.165, 1.54) is 11.8 Å². The first kappa shape index (κ1) is 13.1. The van der Waals surface area contributed by atoms with Crippen LogP contribution in [0.15, 0.2) is 24.3 Å². The highest BCUT2D eigenvalue weighted by Crippen LogP contribution is 2.40. The largest absolute Gasteiger partial charge is 0.480 e. The van der Waals surface area contributed by atoms with E-state index in [0.717, 1.165) is 11.1 Å². The van der Waals surface area contributed by atoms with Crippen LogP contribution in [-0.2, 0) is 9.54 Å². The van der Waals surface area contributed by atoms with Crippen molar-refractivity contribution in [2.45, 2.75) is 37.7 Å². The molecule has 0 amide bonds. The number of carbonyl (C=O) groups is 1. The molecule has 1 atom stereocenters. The second kappa shape index (κ2) is 4.91. The highest BCUT2D eigenvalue weighted by molar-refractivity contribution is 8.01. The lowest BCUT2D eigenvalue weighted by atomic mass is 9.96. The van der Waals surface area contributed by atoms with Gasteiger partial charge in [0.15, 0.2) is 0 Å². The minimum Gasteiger partial charge on any atom is -0.480 e. The molecule has 1 aromatic rings. The Morgan fingerprint density at radius 1 is 1.38 bits per heavy atom. The lowest BCUT2D eigenvalue weighted by Crippen LogP contribution is -2.31. The fourth-order valence-electron chi connectivity index (χ4n) is 1.81. The molecule has 0 saturated carbocycles. The summed E-state index contributed by atoms with van der Waals surface area (Å²) in [4.78, 5) is 11.5. The normalized spacial score (nSPS) is 14.8. The molecule has 88 valence electrons. The Hall–Kier alpha value is -0.960. The van der Waals surface area contributed by atoms with Gasteiger partial charge in [-0.1, -0.05) is 38.1 Å². The van der Waals surface area contributed by atoms with Crippen LogP contribution in [0.2, 0.25) is 0 Å². The number of aryl methyl sites for hydroxylation is 1. The number of carboxylic acid groups (broad SMARTS) is 1. The Morgan fingerprint density at radius 2 is 1.94 bits per heavy atom. The summed E-state index contributed by atoms with van der Waals surface area (Å²) in [6.07, 6.45) is 0. The fourth-order valence-corrected chi connectivity index (χ4v) is 3.21. The minimum atomic E-state index is -0.862. The van der Waals surface area contributed by atoms with Crippen LogP contribution in [0.25, 0.3) is 0 Å². The third-order valence-electron chi connectivity index (χ3n) is 2.54. The van der Waals surface area contributed by atoms with E-state index in [1.807, 2.05) is 45.0 Å². The number of hydrogen-bond acceptors (Lipinski definition) is 2. The van der Waals surface area contributed by atoms with Crippen molar-refractivity contribution in [3.63, 3.8) is 0 Å². The maximum atomic E-state index is 11.5. The second-order valence-corrected chi connectivity index (χ2v) is 6.31. The van der Waals surface area contributed by atoms with Crippen molar-refractivity contribution < 1.29 is 9.90 Å². The molecule has 0 aliphatic carbocycles. The van der Waals surface area contributed by atoms with Gasteiger partial charge in [0.25, 0.3) is 0 Å². The van der Waals surface area contributed by atoms with E-state index < -0.39 is 10.7 Å². The van der Waals surface area contributed by atoms with E-state index in [0.29, 0.717) is 0 Å². The quantitative estimate of drug-likeness (QED) is 0.873. The van der Waals surface area contributed by atoms with E-state index in [-0.39, 0.29) is 5.25 Å². The molecule has 1 unspecified atom stereocenters. The standard InChI is InChI=1S/C13H18O2S/c1-9(2)16-13(4,12(14)15)11-8-6-5-7-10(11)3/h5-9H,1-4H3,(H,14,15). The van der Waals surface area contributed by atoms with Gasteiger partial charge in [-0.05, 0) is 25.0 Å². The average molecular weight is 238 g/mol. The lowest BCUT2D eigenvalue weighted by Gasteiger charge is -2.28. The Labute approximate surface area is 101 Å². The molecule has 0 aliphatic heterocycles. The van der Waals surface area contributed by atoms with Gasteiger partial charge in [0.1, 0.15) is 4.75 Å². The Balaban J connectivity index is 3.22. The molecule has 0 radical (unpaired) electrons. The summed E-state index contributed by atoms with van der Waals surface area (Å²) in [5.41, 5.74) is 1.92. The fraction of sp³-hybridized carbons (Fsp3) is 0.462. The lowest BCUT2D eigenvalue weighted by molar-refractivity contribution is -0.139. The van der Waals surface area contributed by atoms with Crippen molar-refractivity contribution in [3.05, 3.63) is 35.4 Å². The number of carboxylic acids is 1. The predicted molar refractivity (Wildman–Crippen MR) is 68.9 cm³/mol. The van der Waals surface area contributed by atoms with Crippen LogP contribution in [0.3, 0.4) is 0 Å². The summed E-state index contributed by atoms with van der Waals surface area (Å²) in [5, 5.41) is 9.72. The van der Waals surface area contributed by atoms with Gasteiger partial charge in [-0.3, -0.25) is 4.79 Å². The first-order chi connectivity index (χ1) is 7.38. The van der Waals surface area contributed by atoms with Gasteiger partial charge < -0.3 is 5.11 Å². The topological polar surface area (TPSA) is 37.3 Å². The van der Waals surface area contributed by atoms with Crippen LogP contribution in [0, 0.1) is 6.92 Å². The molecule has 16 heavy (non-hydrogen) atoms. The third kappa shape index (κ3) is 2.59. The van der Waals surface area contributed by atoms with Crippen molar-refractivity contribution >= 4 is 17.7 Å². The van der Waals surface area contributed by atoms with Crippen molar-refractivity contribution in [1.82, 2.24) is 0 Å². The van der Waals surface area contributed by atoms with Gasteiger partial charge >= 0.3 is 5.97 Å². The minimum absolute atomic E-state index is 0.278. The van der Waals surface area contributed by atoms with Gasteiger partial charge in [0.05, 0.1) is 0 Å². The Morgan fingerprint density at radius 3 is 2.38 bits per heavy atom. The first-order valence-corrected chi connectivity index (χ1v) is 6.23. The van der Waals surface area contributed by atoms with Crippen LogP contribution in [0.5, 0.6) is 0 Å². The number of aliphatic carboxylic acids is 1. The molecule has 2 nitrogen and oxygen atoms in total. The molecule has 1 N–H and O–H groups in total. The average Bonchev–Trinajstić information content (AvgIpc) is 2.16. The van der Waals surface area contributed by atoms with Gasteiger partial charge in [0, 0.05) is 5.25 Å². The molecule has 1 aromatic carbocycles. The number of thioether (sulfide) groups is 1. The van der Waals surface area contributed by atoms with E-state index >= 15 is 0 Å². The van der Waals surface area contributed by atoms with Gasteiger partial charge in [0.2, 0.25) is 0 Å². The maximum absolute atomic E-state index is 11.5. The highest BCUT2D eigenvalue weighted by atomic mass is 32.2. The van der Waals surface area contributed by atoms with E-state index in [1.54, 1.807) is 6.92 Å². The summed E-state index contributed by atoms with van der Waals surface area (Å²) in [6.45, 7) is 7.77. The van der Waals surface area contributed by atoms with Crippen molar-refractivity contribution in [2.75, 3.05) is 0 Å². The molecular formula is C13H18O2S. The van der Waals surface area contributed by atoms with Crippen molar-refractivity contribution in [3.8, 4) is 0 Å². The molecular weight excluding hydrogens is 220 g/mol. The van der Waals surface area contributed by atoms with Gasteiger partial charge in [-0.15, -0.1) is 11.8 Å². The van der Waals surface area contributed by atoms with Crippen LogP contribution in [0.4, 0.5) is 0 Å². The molecule has 0 aromatic heterocycles. The molecule has 0 bridgehead atoms. The van der Waals surface area contributed by atoms with Crippen molar-refractivity contribution in [2.24, 2.45) is 0 Å². The number of rotatable bonds is 4. The van der Waals surface area contributed by atoms with E-state index in [2.05, 4.69) is 0 Å². The van der Waals surface area contributed by atoms with Crippen LogP contribution < -0.4 is 0 Å². The maximum Gasteiger partial charge on any atom is 0.324 e. The van der Waals surface area contributed by atoms with Crippen molar-refractivity contribution in [1.29, 1.82) is 0 Å². The second-order valence-electron chi connectivity index (χ2n) is 4.32. The first-order valence-electron chi connectivity index (χ1n) is 5.35. The van der Waals surface area contributed by atoms with E-state index in [9.17, 15) is 9.90 Å². The van der Waals surface area contributed by atoms with Crippen LogP contribution >= 0.6 is 11.8 Å². The van der Waals surface area contributed by atoms with Crippen LogP contribution in [-0.4, -0.2) is 16.3 Å². The number of benzene rings is 1. The molecule has 0 fully saturated rings. The highest BCUT2D eigenvalue weighted by Gasteiger charge is 2.37. The smallest absolute Gasteiger partial charge is 0.324 e. The van der Waals surface area contributed by atoms with Crippen LogP contribution in [0.1, 0.15) is 31.9 Å². The summed E-state index contributed by atoms with van der Waals surface area (Å²) in [6, 6.07) is 7.68. The SMILES string of the molecule is Cc1ccccc1C(C)(SC(C)C)C(=O)O. The molecule has 1 rings (SSSR count). The predicted octanol–water partition coefficient (Wildman–Crippen LogP) is 3.44. The zero-order valence-corrected chi connectivity index (χ0v) is 11.0. The zero-order valence-electron chi connectivity index (χ0n) is 10.2.